The van der Waals surface area contributed by atoms with Crippen LogP contribution in [0.15, 0.2) is 91.1 Å². The fourth-order valence-electron chi connectivity index (χ4n) is 4.45. The van der Waals surface area contributed by atoms with Crippen molar-refractivity contribution in [1.82, 2.24) is 9.88 Å². The van der Waals surface area contributed by atoms with Gasteiger partial charge in [0, 0.05) is 43.7 Å². The minimum atomic E-state index is 0.0741. The fraction of sp³-hybridized carbons (Fsp3) is 0.276. The molecule has 4 heteroatoms. The van der Waals surface area contributed by atoms with Crippen LogP contribution in [0.1, 0.15) is 35.4 Å². The Morgan fingerprint density at radius 2 is 1.58 bits per heavy atom. The van der Waals surface area contributed by atoms with Gasteiger partial charge < -0.3 is 14.6 Å². The van der Waals surface area contributed by atoms with E-state index in [1.165, 1.54) is 27.6 Å². The Labute approximate surface area is 196 Å². The predicted molar refractivity (Wildman–Crippen MR) is 134 cm³/mol. The van der Waals surface area contributed by atoms with E-state index in [4.69, 9.17) is 4.74 Å². The molecule has 0 spiro atoms. The molecule has 4 rings (SSSR count). The van der Waals surface area contributed by atoms with E-state index in [0.29, 0.717) is 19.6 Å². The Balaban J connectivity index is 1.63. The maximum atomic E-state index is 12.8. The number of fused-ring (bicyclic) bond motifs is 1. The largest absolute Gasteiger partial charge is 0.383 e. The molecule has 1 atom stereocenters. The van der Waals surface area contributed by atoms with E-state index in [1.807, 2.05) is 12.1 Å². The molecule has 1 heterocycles. The van der Waals surface area contributed by atoms with Crippen LogP contribution in [0.2, 0.25) is 0 Å². The number of hydrogen-bond donors (Lipinski definition) is 1. The van der Waals surface area contributed by atoms with Gasteiger partial charge in [-0.25, -0.2) is 0 Å². The Kier molecular flexibility index (Phi) is 7.94. The molecule has 4 aromatic rings. The second-order valence-electron chi connectivity index (χ2n) is 8.48. The molecular formula is C29H32N2O2. The molecule has 1 aromatic heterocycles. The van der Waals surface area contributed by atoms with Crippen molar-refractivity contribution in [2.24, 2.45) is 0 Å². The van der Waals surface area contributed by atoms with E-state index < -0.39 is 0 Å². The molecule has 0 radical (unpaired) electrons. The van der Waals surface area contributed by atoms with Gasteiger partial charge in [-0.1, -0.05) is 78.9 Å². The van der Waals surface area contributed by atoms with Crippen LogP contribution < -0.4 is 5.32 Å². The molecule has 0 aliphatic rings. The van der Waals surface area contributed by atoms with Crippen LogP contribution in [0.4, 0.5) is 0 Å². The highest BCUT2D eigenvalue weighted by molar-refractivity contribution is 5.86. The molecule has 3 aromatic carbocycles. The van der Waals surface area contributed by atoms with Gasteiger partial charge >= 0.3 is 0 Å². The first-order chi connectivity index (χ1) is 16.2. The summed E-state index contributed by atoms with van der Waals surface area (Å²) >= 11 is 0. The number of aromatic nitrogens is 1. The van der Waals surface area contributed by atoms with E-state index in [-0.39, 0.29) is 11.8 Å². The second-order valence-corrected chi connectivity index (χ2v) is 8.48. The molecular weight excluding hydrogens is 408 g/mol. The van der Waals surface area contributed by atoms with Gasteiger partial charge in [-0.2, -0.15) is 0 Å². The minimum Gasteiger partial charge on any atom is -0.383 e. The number of methoxy groups -OCH3 is 1. The molecule has 170 valence electrons. The monoisotopic (exact) mass is 440 g/mol. The Hall–Kier alpha value is -3.37. The highest BCUT2D eigenvalue weighted by Gasteiger charge is 2.21. The molecule has 0 unspecified atom stereocenters. The van der Waals surface area contributed by atoms with Gasteiger partial charge in [0.2, 0.25) is 5.91 Å². The molecule has 0 aliphatic heterocycles. The zero-order chi connectivity index (χ0) is 22.9. The van der Waals surface area contributed by atoms with Crippen LogP contribution >= 0.6 is 0 Å². The number of carbonyl (C=O) groups is 1. The SMILES string of the molecule is COCCNC(=O)C[C@@H](CCc1ccccc1)c1cn(Cc2ccccc2)c2ccccc12. The normalized spacial score (nSPS) is 12.0. The second kappa shape index (κ2) is 11.5. The predicted octanol–water partition coefficient (Wildman–Crippen LogP) is 5.56. The van der Waals surface area contributed by atoms with E-state index >= 15 is 0 Å². The Bertz CT molecular complexity index is 1150. The van der Waals surface area contributed by atoms with Crippen LogP contribution in [0.3, 0.4) is 0 Å². The summed E-state index contributed by atoms with van der Waals surface area (Å²) in [5.74, 6) is 0.208. The van der Waals surface area contributed by atoms with Crippen molar-refractivity contribution in [3.05, 3.63) is 108 Å². The lowest BCUT2D eigenvalue weighted by molar-refractivity contribution is -0.121. The standard InChI is InChI=1S/C29H32N2O2/c1-33-19-18-30-29(32)20-25(17-16-23-10-4-2-5-11-23)27-22-31(21-24-12-6-3-7-13-24)28-15-9-8-14-26(27)28/h2-15,22,25H,16-21H2,1H3,(H,30,32)/t25-/m1/s1. The number of nitrogens with zero attached hydrogens (tertiary/aromatic N) is 1. The highest BCUT2D eigenvalue weighted by atomic mass is 16.5. The van der Waals surface area contributed by atoms with E-state index in [1.54, 1.807) is 7.11 Å². The van der Waals surface area contributed by atoms with Gasteiger partial charge in [0.05, 0.1) is 6.61 Å². The van der Waals surface area contributed by atoms with E-state index in [0.717, 1.165) is 19.4 Å². The zero-order valence-electron chi connectivity index (χ0n) is 19.2. The molecule has 0 saturated heterocycles. The molecule has 1 amide bonds. The maximum absolute atomic E-state index is 12.8. The van der Waals surface area contributed by atoms with Crippen molar-refractivity contribution in [2.75, 3.05) is 20.3 Å². The summed E-state index contributed by atoms with van der Waals surface area (Å²) in [6.45, 7) is 1.88. The van der Waals surface area contributed by atoms with Crippen molar-refractivity contribution in [2.45, 2.75) is 31.7 Å². The summed E-state index contributed by atoms with van der Waals surface area (Å²) in [5.41, 5.74) is 5.03. The lowest BCUT2D eigenvalue weighted by Gasteiger charge is -2.17. The zero-order valence-corrected chi connectivity index (χ0v) is 19.2. The van der Waals surface area contributed by atoms with Gasteiger partial charge in [-0.15, -0.1) is 0 Å². The van der Waals surface area contributed by atoms with Crippen molar-refractivity contribution in [3.63, 3.8) is 0 Å². The van der Waals surface area contributed by atoms with Crippen LogP contribution in [0.5, 0.6) is 0 Å². The molecule has 33 heavy (non-hydrogen) atoms. The van der Waals surface area contributed by atoms with E-state index in [9.17, 15) is 4.79 Å². The smallest absolute Gasteiger partial charge is 0.220 e. The van der Waals surface area contributed by atoms with Crippen LogP contribution in [-0.2, 0) is 22.5 Å². The van der Waals surface area contributed by atoms with Gasteiger partial charge in [-0.05, 0) is 41.5 Å². The first kappa shape index (κ1) is 22.8. The average molecular weight is 441 g/mol. The summed E-state index contributed by atoms with van der Waals surface area (Å²) in [6.07, 6.45) is 4.59. The molecule has 4 nitrogen and oxygen atoms in total. The molecule has 0 saturated carbocycles. The Morgan fingerprint density at radius 3 is 2.30 bits per heavy atom. The van der Waals surface area contributed by atoms with Gasteiger partial charge in [0.1, 0.15) is 0 Å². The maximum Gasteiger partial charge on any atom is 0.220 e. The minimum absolute atomic E-state index is 0.0741. The number of nitrogens with one attached hydrogen (secondary N) is 1. The first-order valence-corrected chi connectivity index (χ1v) is 11.7. The van der Waals surface area contributed by atoms with Gasteiger partial charge in [0.25, 0.3) is 0 Å². The molecule has 0 aliphatic carbocycles. The summed E-state index contributed by atoms with van der Waals surface area (Å²) in [7, 11) is 1.65. The molecule has 1 N–H and O–H groups in total. The lowest BCUT2D eigenvalue weighted by Crippen LogP contribution is -2.28. The number of para-hydroxylation sites is 1. The van der Waals surface area contributed by atoms with Crippen LogP contribution in [0, 0.1) is 0 Å². The number of amides is 1. The summed E-state index contributed by atoms with van der Waals surface area (Å²) in [5, 5.41) is 4.24. The highest BCUT2D eigenvalue weighted by Crippen LogP contribution is 2.33. The number of benzene rings is 3. The van der Waals surface area contributed by atoms with Crippen molar-refractivity contribution < 1.29 is 9.53 Å². The van der Waals surface area contributed by atoms with Crippen molar-refractivity contribution >= 4 is 16.8 Å². The van der Waals surface area contributed by atoms with Crippen molar-refractivity contribution in [3.8, 4) is 0 Å². The number of ether oxygens (including phenoxy) is 1. The number of aryl methyl sites for hydroxylation is 1. The van der Waals surface area contributed by atoms with Crippen LogP contribution in [0.25, 0.3) is 10.9 Å². The fourth-order valence-corrected chi connectivity index (χ4v) is 4.45. The van der Waals surface area contributed by atoms with Gasteiger partial charge in [0.15, 0.2) is 0 Å². The summed E-state index contributed by atoms with van der Waals surface area (Å²) in [4.78, 5) is 12.8. The topological polar surface area (TPSA) is 43.3 Å². The Morgan fingerprint density at radius 1 is 0.909 bits per heavy atom. The summed E-state index contributed by atoms with van der Waals surface area (Å²) in [6, 6.07) is 29.6. The average Bonchev–Trinajstić information content (AvgIpc) is 3.21. The van der Waals surface area contributed by atoms with Gasteiger partial charge in [-0.3, -0.25) is 4.79 Å². The molecule has 0 bridgehead atoms. The van der Waals surface area contributed by atoms with Crippen LogP contribution in [-0.4, -0.2) is 30.7 Å². The summed E-state index contributed by atoms with van der Waals surface area (Å²) < 4.78 is 7.40. The molecule has 0 fully saturated rings. The number of rotatable bonds is 11. The number of hydrogen-bond acceptors (Lipinski definition) is 2. The van der Waals surface area contributed by atoms with Crippen molar-refractivity contribution in [1.29, 1.82) is 0 Å². The third-order valence-corrected chi connectivity index (χ3v) is 6.14. The third-order valence-electron chi connectivity index (χ3n) is 6.14. The first-order valence-electron chi connectivity index (χ1n) is 11.7. The van der Waals surface area contributed by atoms with E-state index in [2.05, 4.69) is 88.9 Å². The third kappa shape index (κ3) is 6.11. The lowest BCUT2D eigenvalue weighted by atomic mass is 9.89. The number of carbonyl (C=O) groups excluding carboxylic acids is 1. The quantitative estimate of drug-likeness (QED) is 0.310.